The van der Waals surface area contributed by atoms with Crippen LogP contribution in [-0.2, 0) is 14.3 Å². The summed E-state index contributed by atoms with van der Waals surface area (Å²) >= 11 is 0. The van der Waals surface area contributed by atoms with Crippen LogP contribution in [0.3, 0.4) is 0 Å². The van der Waals surface area contributed by atoms with Gasteiger partial charge >= 0.3 is 0 Å². The molecule has 19 heteroatoms. The van der Waals surface area contributed by atoms with Crippen LogP contribution < -0.4 is 15.5 Å². The number of nitrogens with zero attached hydrogens (tertiary/aromatic N) is 10. The van der Waals surface area contributed by atoms with Crippen LogP contribution in [0.25, 0.3) is 16.6 Å². The summed E-state index contributed by atoms with van der Waals surface area (Å²) in [5, 5.41) is 19.5. The molecule has 3 atom stereocenters. The molecule has 3 amide bonds. The van der Waals surface area contributed by atoms with E-state index in [-0.39, 0.29) is 54.7 Å². The second kappa shape index (κ2) is 19.5. The maximum absolute atomic E-state index is 15.6. The lowest BCUT2D eigenvalue weighted by molar-refractivity contribution is -0.134. The second-order valence-electron chi connectivity index (χ2n) is 20.0. The highest BCUT2D eigenvalue weighted by Crippen LogP contribution is 2.41. The maximum atomic E-state index is 15.6. The SMILES string of the molecule is O=C1CCC(c2nn(C3CC3)c3c(C#CCO[C@H]4CCN(CC5CCC(n6cc(NC(=O)c7cnn8ccc(N9CCC(CN%10CCC%10)CC9)nc78)c(C(F)F)n6)CC5)C[C@H]4F)cccc23)C(=O)N1. The number of benzene rings is 1. The van der Waals surface area contributed by atoms with Gasteiger partial charge in [-0.15, -0.1) is 0 Å². The highest BCUT2D eigenvalue weighted by molar-refractivity contribution is 6.08. The van der Waals surface area contributed by atoms with Gasteiger partial charge in [0.1, 0.15) is 24.2 Å². The monoisotopic (exact) mass is 948 g/mol. The van der Waals surface area contributed by atoms with Crippen molar-refractivity contribution >= 4 is 45.8 Å². The summed E-state index contributed by atoms with van der Waals surface area (Å²) < 4.78 is 55.5. The van der Waals surface area contributed by atoms with E-state index in [1.54, 1.807) is 10.9 Å². The Morgan fingerprint density at radius 3 is 2.42 bits per heavy atom. The molecule has 6 fully saturated rings. The Kier molecular flexibility index (Phi) is 12.9. The number of fused-ring (bicyclic) bond motifs is 2. The van der Waals surface area contributed by atoms with E-state index < -0.39 is 36.2 Å². The Bertz CT molecular complexity index is 2770. The van der Waals surface area contributed by atoms with Crippen molar-refractivity contribution in [3.63, 3.8) is 0 Å². The fourth-order valence-corrected chi connectivity index (χ4v) is 11.2. The summed E-state index contributed by atoms with van der Waals surface area (Å²) in [5.41, 5.74) is 2.38. The number of imide groups is 1. The molecule has 4 aliphatic heterocycles. The van der Waals surface area contributed by atoms with E-state index >= 15 is 4.39 Å². The number of hydrogen-bond acceptors (Lipinski definition) is 11. The molecular formula is C50H59F3N12O4. The minimum Gasteiger partial charge on any atom is -0.362 e. The molecule has 1 aromatic carbocycles. The predicted molar refractivity (Wildman–Crippen MR) is 251 cm³/mol. The summed E-state index contributed by atoms with van der Waals surface area (Å²) in [7, 11) is 0. The van der Waals surface area contributed by atoms with Gasteiger partial charge in [0, 0.05) is 63.5 Å². The van der Waals surface area contributed by atoms with Crippen LogP contribution in [0.4, 0.5) is 24.7 Å². The van der Waals surface area contributed by atoms with Gasteiger partial charge in [0.05, 0.1) is 52.8 Å². The fourth-order valence-electron chi connectivity index (χ4n) is 11.2. The highest BCUT2D eigenvalue weighted by Gasteiger charge is 2.36. The minimum absolute atomic E-state index is 0.0269. The quantitative estimate of drug-likeness (QED) is 0.0987. The summed E-state index contributed by atoms with van der Waals surface area (Å²) in [6, 6.07) is 7.82. The van der Waals surface area contributed by atoms with Crippen molar-refractivity contribution in [2.24, 2.45) is 11.8 Å². The number of aromatic nitrogens is 7. The molecular weight excluding hydrogens is 890 g/mol. The highest BCUT2D eigenvalue weighted by atomic mass is 19.3. The Balaban J connectivity index is 0.658. The van der Waals surface area contributed by atoms with Gasteiger partial charge in [-0.25, -0.2) is 22.7 Å². The number of carbonyl (C=O) groups excluding carboxylic acids is 3. The molecule has 0 spiro atoms. The van der Waals surface area contributed by atoms with Crippen LogP contribution in [0.15, 0.2) is 42.9 Å². The number of alkyl halides is 3. The molecule has 2 N–H and O–H groups in total. The Morgan fingerprint density at radius 1 is 0.899 bits per heavy atom. The first-order chi connectivity index (χ1) is 33.6. The molecule has 1 unspecified atom stereocenters. The molecule has 5 aromatic rings. The first-order valence-electron chi connectivity index (χ1n) is 24.9. The summed E-state index contributed by atoms with van der Waals surface area (Å²) in [6.07, 6.45) is 9.93. The molecule has 69 heavy (non-hydrogen) atoms. The van der Waals surface area contributed by atoms with Crippen molar-refractivity contribution in [3.05, 3.63) is 65.4 Å². The normalized spacial score (nSPS) is 25.2. The number of anilines is 2. The molecule has 0 bridgehead atoms. The average molecular weight is 949 g/mol. The third kappa shape index (κ3) is 9.72. The fraction of sp³-hybridized carbons (Fsp3) is 0.580. The number of halogens is 3. The first kappa shape index (κ1) is 45.6. The van der Waals surface area contributed by atoms with E-state index in [2.05, 4.69) is 47.4 Å². The lowest BCUT2D eigenvalue weighted by Crippen LogP contribution is -2.47. The lowest BCUT2D eigenvalue weighted by atomic mass is 9.85. The van der Waals surface area contributed by atoms with Gasteiger partial charge < -0.3 is 19.9 Å². The number of carbonyl (C=O) groups is 3. The summed E-state index contributed by atoms with van der Waals surface area (Å²) in [6.45, 7) is 7.10. The van der Waals surface area contributed by atoms with Gasteiger partial charge in [-0.1, -0.05) is 24.0 Å². The molecule has 2 saturated carbocycles. The molecule has 4 aromatic heterocycles. The maximum Gasteiger partial charge on any atom is 0.284 e. The van der Waals surface area contributed by atoms with Crippen molar-refractivity contribution in [3.8, 4) is 11.8 Å². The molecule has 4 saturated heterocycles. The number of nitrogens with one attached hydrogen (secondary N) is 2. The van der Waals surface area contributed by atoms with E-state index in [0.29, 0.717) is 42.6 Å². The zero-order valence-electron chi connectivity index (χ0n) is 38.7. The number of piperidine rings is 3. The molecule has 16 nitrogen and oxygen atoms in total. The van der Waals surface area contributed by atoms with Crippen LogP contribution in [0.5, 0.6) is 0 Å². The number of amides is 3. The third-order valence-corrected chi connectivity index (χ3v) is 15.3. The smallest absolute Gasteiger partial charge is 0.284 e. The van der Waals surface area contributed by atoms with Gasteiger partial charge in [0.25, 0.3) is 12.3 Å². The predicted octanol–water partition coefficient (Wildman–Crippen LogP) is 6.45. The Hall–Kier alpha value is -5.84. The van der Waals surface area contributed by atoms with Gasteiger partial charge in [-0.05, 0) is 108 Å². The summed E-state index contributed by atoms with van der Waals surface area (Å²) in [5.74, 6) is 6.45. The molecule has 2 aliphatic carbocycles. The number of hydrogen-bond donors (Lipinski definition) is 2. The molecule has 11 rings (SSSR count). The van der Waals surface area contributed by atoms with Crippen LogP contribution in [0, 0.1) is 23.7 Å². The minimum atomic E-state index is -2.89. The topological polar surface area (TPSA) is 160 Å². The third-order valence-electron chi connectivity index (χ3n) is 15.3. The van der Waals surface area contributed by atoms with Crippen molar-refractivity contribution < 1.29 is 32.3 Å². The van der Waals surface area contributed by atoms with E-state index in [1.165, 1.54) is 36.4 Å². The lowest BCUT2D eigenvalue weighted by Gasteiger charge is -2.38. The van der Waals surface area contributed by atoms with E-state index in [0.717, 1.165) is 99.8 Å². The summed E-state index contributed by atoms with van der Waals surface area (Å²) in [4.78, 5) is 50.0. The van der Waals surface area contributed by atoms with Gasteiger partial charge in [0.2, 0.25) is 11.8 Å². The molecule has 8 heterocycles. The molecule has 364 valence electrons. The largest absolute Gasteiger partial charge is 0.362 e. The van der Waals surface area contributed by atoms with Crippen LogP contribution >= 0.6 is 0 Å². The number of likely N-dealkylation sites (tertiary alicyclic amines) is 2. The average Bonchev–Trinajstić information content (AvgIpc) is 3.76. The molecule has 0 radical (unpaired) electrons. The van der Waals surface area contributed by atoms with Crippen LogP contribution in [0.2, 0.25) is 0 Å². The van der Waals surface area contributed by atoms with Gasteiger partial charge in [-0.3, -0.25) is 34.0 Å². The zero-order valence-corrected chi connectivity index (χ0v) is 38.7. The van der Waals surface area contributed by atoms with E-state index in [1.807, 2.05) is 28.9 Å². The number of para-hydroxylation sites is 1. The van der Waals surface area contributed by atoms with E-state index in [9.17, 15) is 23.2 Å². The van der Waals surface area contributed by atoms with Crippen molar-refractivity contribution in [1.29, 1.82) is 0 Å². The van der Waals surface area contributed by atoms with Crippen LogP contribution in [0.1, 0.15) is 129 Å². The zero-order chi connectivity index (χ0) is 47.2. The number of ether oxygens (including phenoxy) is 1. The molecule has 6 aliphatic rings. The van der Waals surface area contributed by atoms with Crippen molar-refractivity contribution in [2.45, 2.75) is 114 Å². The Morgan fingerprint density at radius 2 is 1.68 bits per heavy atom. The van der Waals surface area contributed by atoms with Crippen LogP contribution in [-0.4, -0.2) is 133 Å². The second-order valence-corrected chi connectivity index (χ2v) is 20.0. The van der Waals surface area contributed by atoms with Crippen molar-refractivity contribution in [2.75, 3.05) is 69.2 Å². The first-order valence-corrected chi connectivity index (χ1v) is 24.9. The van der Waals surface area contributed by atoms with E-state index in [4.69, 9.17) is 14.8 Å². The van der Waals surface area contributed by atoms with Gasteiger partial charge in [0.15, 0.2) is 11.3 Å². The van der Waals surface area contributed by atoms with Gasteiger partial charge in [-0.2, -0.15) is 15.3 Å². The Labute approximate surface area is 398 Å². The number of rotatable bonds is 13. The standard InChI is InChI=1S/C50H59F3N12O4/c51-39-29-61(21-17-41(39)69-25-2-5-33-4-1-6-36-44(37-13-14-43(66)57-49(37)67)59-65(46(33)36)35-11-12-35)28-31-7-9-34(10-8-31)64-30-40(45(58-64)47(52)53)55-50(68)38-26-54-63-24-18-42(56-48(38)63)62-22-15-32(16-23-62)27-60-19-3-20-60/h1,4,6,18,24,26,30-32,34-35,37,39,41,47H,3,7-17,19-23,25,27-29H2,(H,55,68)(H,57,66,67)/t31?,34?,37?,39-,41+/m1/s1. The van der Waals surface area contributed by atoms with Crippen molar-refractivity contribution in [1.82, 2.24) is 49.3 Å².